The Kier molecular flexibility index (Phi) is 8.74. The minimum absolute atomic E-state index is 0. The molecule has 3 N–H and O–H groups in total. The van der Waals surface area contributed by atoms with Crippen molar-refractivity contribution in [2.45, 2.75) is 13.3 Å². The Hall–Kier alpha value is -1.63. The van der Waals surface area contributed by atoms with Gasteiger partial charge in [0.2, 0.25) is 5.91 Å². The largest absolute Gasteiger partial charge is 0.383 e. The third kappa shape index (κ3) is 6.47. The smallest absolute Gasteiger partial charge is 0.251 e. The van der Waals surface area contributed by atoms with Gasteiger partial charge in [-0.15, -0.1) is 12.4 Å². The van der Waals surface area contributed by atoms with Crippen LogP contribution in [0.25, 0.3) is 0 Å². The second-order valence-electron chi connectivity index (χ2n) is 5.88. The number of carbonyl (C=O) groups is 2. The van der Waals surface area contributed by atoms with Gasteiger partial charge in [0.05, 0.1) is 6.61 Å². The van der Waals surface area contributed by atoms with Gasteiger partial charge in [-0.3, -0.25) is 9.59 Å². The second-order valence-corrected chi connectivity index (χ2v) is 5.88. The summed E-state index contributed by atoms with van der Waals surface area (Å²) in [6.45, 7) is 4.74. The van der Waals surface area contributed by atoms with Crippen molar-refractivity contribution in [3.63, 3.8) is 0 Å². The van der Waals surface area contributed by atoms with Crippen LogP contribution in [0.3, 0.4) is 0 Å². The number of halogens is 1. The molecule has 1 aromatic rings. The summed E-state index contributed by atoms with van der Waals surface area (Å²) < 4.78 is 4.92. The highest BCUT2D eigenvalue weighted by Crippen LogP contribution is 2.38. The van der Waals surface area contributed by atoms with E-state index in [1.807, 2.05) is 0 Å². The van der Waals surface area contributed by atoms with Crippen molar-refractivity contribution in [1.82, 2.24) is 10.6 Å². The Morgan fingerprint density at radius 1 is 1.17 bits per heavy atom. The zero-order chi connectivity index (χ0) is 16.7. The van der Waals surface area contributed by atoms with Gasteiger partial charge in [0, 0.05) is 43.9 Å². The van der Waals surface area contributed by atoms with E-state index >= 15 is 0 Å². The molecule has 0 radical (unpaired) electrons. The summed E-state index contributed by atoms with van der Waals surface area (Å²) in [5.74, 6) is 0.574. The van der Waals surface area contributed by atoms with Crippen LogP contribution in [0.2, 0.25) is 0 Å². The van der Waals surface area contributed by atoms with Gasteiger partial charge in [-0.1, -0.05) is 6.92 Å². The maximum absolute atomic E-state index is 12.0. The number of nitrogens with one attached hydrogen (secondary N) is 3. The van der Waals surface area contributed by atoms with Crippen molar-refractivity contribution in [2.75, 3.05) is 38.7 Å². The number of benzene rings is 1. The fraction of sp³-hybridized carbons (Fsp3) is 0.529. The molecule has 0 saturated heterocycles. The van der Waals surface area contributed by atoms with Crippen LogP contribution in [-0.4, -0.2) is 45.2 Å². The highest BCUT2D eigenvalue weighted by atomic mass is 35.5. The van der Waals surface area contributed by atoms with Crippen molar-refractivity contribution in [3.8, 4) is 0 Å². The summed E-state index contributed by atoms with van der Waals surface area (Å²) in [4.78, 5) is 23.8. The zero-order valence-electron chi connectivity index (χ0n) is 14.1. The molecule has 7 heteroatoms. The fourth-order valence-corrected chi connectivity index (χ4v) is 2.29. The first-order chi connectivity index (χ1) is 11.1. The number of amides is 2. The number of ether oxygens (including phenoxy) is 1. The number of hydrogen-bond acceptors (Lipinski definition) is 4. The lowest BCUT2D eigenvalue weighted by Crippen LogP contribution is -2.33. The lowest BCUT2D eigenvalue weighted by atomic mass is 10.2. The summed E-state index contributed by atoms with van der Waals surface area (Å²) in [7, 11) is 1.65. The predicted molar refractivity (Wildman–Crippen MR) is 96.7 cm³/mol. The Morgan fingerprint density at radius 3 is 2.42 bits per heavy atom. The first-order valence-electron chi connectivity index (χ1n) is 8.00. The van der Waals surface area contributed by atoms with E-state index in [9.17, 15) is 9.59 Å². The molecule has 1 aliphatic carbocycles. The van der Waals surface area contributed by atoms with Gasteiger partial charge in [-0.05, 0) is 36.6 Å². The number of rotatable bonds is 9. The Balaban J connectivity index is 0.00000288. The lowest BCUT2D eigenvalue weighted by molar-refractivity contribution is -0.117. The molecule has 1 saturated carbocycles. The van der Waals surface area contributed by atoms with E-state index in [4.69, 9.17) is 4.74 Å². The zero-order valence-corrected chi connectivity index (χ0v) is 14.9. The van der Waals surface area contributed by atoms with E-state index in [0.29, 0.717) is 31.2 Å². The Bertz CT molecular complexity index is 536. The van der Waals surface area contributed by atoms with Crippen molar-refractivity contribution in [3.05, 3.63) is 29.8 Å². The quantitative estimate of drug-likeness (QED) is 0.589. The minimum atomic E-state index is -0.118. The van der Waals surface area contributed by atoms with Gasteiger partial charge in [-0.25, -0.2) is 0 Å². The maximum atomic E-state index is 12.0. The molecule has 134 valence electrons. The molecule has 1 aromatic carbocycles. The molecule has 2 amide bonds. The van der Waals surface area contributed by atoms with Gasteiger partial charge in [0.25, 0.3) is 5.91 Å². The van der Waals surface area contributed by atoms with Gasteiger partial charge in [-0.2, -0.15) is 0 Å². The van der Waals surface area contributed by atoms with Gasteiger partial charge >= 0.3 is 0 Å². The third-order valence-electron chi connectivity index (χ3n) is 3.93. The van der Waals surface area contributed by atoms with Crippen LogP contribution in [-0.2, 0) is 9.53 Å². The van der Waals surface area contributed by atoms with Gasteiger partial charge < -0.3 is 20.7 Å². The van der Waals surface area contributed by atoms with Crippen molar-refractivity contribution < 1.29 is 14.3 Å². The third-order valence-corrected chi connectivity index (χ3v) is 3.93. The normalized spacial score (nSPS) is 18.4. The van der Waals surface area contributed by atoms with Crippen molar-refractivity contribution >= 4 is 29.9 Å². The van der Waals surface area contributed by atoms with E-state index in [-0.39, 0.29) is 30.1 Å². The van der Waals surface area contributed by atoms with Crippen LogP contribution in [0, 0.1) is 11.8 Å². The average Bonchev–Trinajstić information content (AvgIpc) is 3.28. The topological polar surface area (TPSA) is 79.5 Å². The van der Waals surface area contributed by atoms with E-state index in [1.165, 1.54) is 0 Å². The summed E-state index contributed by atoms with van der Waals surface area (Å²) in [6, 6.07) is 6.96. The Labute approximate surface area is 149 Å². The van der Waals surface area contributed by atoms with Crippen LogP contribution >= 0.6 is 12.4 Å². The van der Waals surface area contributed by atoms with Crippen LogP contribution in [0.4, 0.5) is 5.69 Å². The summed E-state index contributed by atoms with van der Waals surface area (Å²) in [5, 5.41) is 8.88. The molecule has 2 atom stereocenters. The van der Waals surface area contributed by atoms with Crippen molar-refractivity contribution in [2.24, 2.45) is 11.8 Å². The molecule has 24 heavy (non-hydrogen) atoms. The molecule has 0 aliphatic heterocycles. The fourth-order valence-electron chi connectivity index (χ4n) is 2.29. The monoisotopic (exact) mass is 355 g/mol. The molecule has 1 fully saturated rings. The molecule has 1 aliphatic rings. The van der Waals surface area contributed by atoms with Crippen LogP contribution < -0.4 is 16.0 Å². The molecule has 0 aromatic heterocycles. The van der Waals surface area contributed by atoms with Crippen LogP contribution in [0.15, 0.2) is 24.3 Å². The van der Waals surface area contributed by atoms with Crippen LogP contribution in [0.5, 0.6) is 0 Å². The molecule has 2 rings (SSSR count). The van der Waals surface area contributed by atoms with E-state index < -0.39 is 0 Å². The van der Waals surface area contributed by atoms with E-state index in [1.54, 1.807) is 31.4 Å². The van der Waals surface area contributed by atoms with E-state index in [0.717, 1.165) is 18.7 Å². The summed E-state index contributed by atoms with van der Waals surface area (Å²) in [5.41, 5.74) is 1.31. The standard InChI is InChI=1S/C17H25N3O3.ClH/c1-12-11-15(12)17(22)20-14-5-3-13(4-6-14)16(21)19-8-7-18-9-10-23-2;/h3-6,12,15,18H,7-11H2,1-2H3,(H,19,21)(H,20,22);1H. The van der Waals surface area contributed by atoms with Gasteiger partial charge in [0.1, 0.15) is 0 Å². The molecule has 2 unspecified atom stereocenters. The summed E-state index contributed by atoms with van der Waals surface area (Å²) in [6.07, 6.45) is 0.963. The maximum Gasteiger partial charge on any atom is 0.251 e. The first kappa shape index (κ1) is 20.4. The summed E-state index contributed by atoms with van der Waals surface area (Å²) >= 11 is 0. The average molecular weight is 356 g/mol. The first-order valence-corrected chi connectivity index (χ1v) is 8.00. The number of anilines is 1. The minimum Gasteiger partial charge on any atom is -0.383 e. The van der Waals surface area contributed by atoms with Crippen molar-refractivity contribution in [1.29, 1.82) is 0 Å². The highest BCUT2D eigenvalue weighted by Gasteiger charge is 2.38. The lowest BCUT2D eigenvalue weighted by Gasteiger charge is -2.08. The number of methoxy groups -OCH3 is 1. The molecule has 6 nitrogen and oxygen atoms in total. The SMILES string of the molecule is COCCNCCNC(=O)c1ccc(NC(=O)C2CC2C)cc1.Cl. The second kappa shape index (κ2) is 10.3. The molecule has 0 heterocycles. The predicted octanol–water partition coefficient (Wildman–Crippen LogP) is 1.67. The number of carbonyl (C=O) groups excluding carboxylic acids is 2. The van der Waals surface area contributed by atoms with Crippen LogP contribution in [0.1, 0.15) is 23.7 Å². The molecule has 0 spiro atoms. The molecular formula is C17H26ClN3O3. The number of hydrogen-bond donors (Lipinski definition) is 3. The molecular weight excluding hydrogens is 330 g/mol. The Morgan fingerprint density at radius 2 is 1.83 bits per heavy atom. The molecule has 0 bridgehead atoms. The highest BCUT2D eigenvalue weighted by molar-refractivity contribution is 5.96. The van der Waals surface area contributed by atoms with E-state index in [2.05, 4.69) is 22.9 Å². The van der Waals surface area contributed by atoms with Gasteiger partial charge in [0.15, 0.2) is 0 Å².